The normalized spacial score (nSPS) is 20.2. The minimum absolute atomic E-state index is 0.867. The lowest BCUT2D eigenvalue weighted by molar-refractivity contribution is 0.188. The summed E-state index contributed by atoms with van der Waals surface area (Å²) in [6, 6.07) is 0. The summed E-state index contributed by atoms with van der Waals surface area (Å²) in [5, 5.41) is 3.45. The summed E-state index contributed by atoms with van der Waals surface area (Å²) in [5.74, 6) is 1.81. The molecule has 0 spiro atoms. The predicted molar refractivity (Wildman–Crippen MR) is 71.8 cm³/mol. The molecular weight excluding hydrogens is 196 g/mol. The van der Waals surface area contributed by atoms with E-state index in [0.29, 0.717) is 0 Å². The summed E-state index contributed by atoms with van der Waals surface area (Å²) >= 11 is 0. The summed E-state index contributed by atoms with van der Waals surface area (Å²) < 4.78 is 0. The molecule has 1 aliphatic heterocycles. The van der Waals surface area contributed by atoms with E-state index in [-0.39, 0.29) is 0 Å². The summed E-state index contributed by atoms with van der Waals surface area (Å²) in [6.07, 6.45) is 5.45. The molecule has 0 aromatic rings. The second kappa shape index (κ2) is 8.08. The van der Waals surface area contributed by atoms with Crippen molar-refractivity contribution in [3.63, 3.8) is 0 Å². The van der Waals surface area contributed by atoms with Crippen LogP contribution in [0.3, 0.4) is 0 Å². The highest BCUT2D eigenvalue weighted by atomic mass is 15.1. The van der Waals surface area contributed by atoms with Crippen molar-refractivity contribution in [3.8, 4) is 0 Å². The van der Waals surface area contributed by atoms with Gasteiger partial charge < -0.3 is 10.2 Å². The first-order valence-corrected chi connectivity index (χ1v) is 7.19. The third-order valence-corrected chi connectivity index (χ3v) is 3.77. The Kier molecular flexibility index (Phi) is 7.06. The van der Waals surface area contributed by atoms with Crippen LogP contribution in [0.25, 0.3) is 0 Å². The molecule has 1 unspecified atom stereocenters. The van der Waals surface area contributed by atoms with E-state index in [0.717, 1.165) is 11.8 Å². The van der Waals surface area contributed by atoms with Crippen molar-refractivity contribution in [1.82, 2.24) is 10.2 Å². The quantitative estimate of drug-likeness (QED) is 0.718. The molecule has 16 heavy (non-hydrogen) atoms. The number of piperidine rings is 1. The van der Waals surface area contributed by atoms with Crippen LogP contribution in [0.5, 0.6) is 0 Å². The highest BCUT2D eigenvalue weighted by Crippen LogP contribution is 2.15. The van der Waals surface area contributed by atoms with Crippen LogP contribution in [-0.2, 0) is 0 Å². The molecule has 2 nitrogen and oxygen atoms in total. The van der Waals surface area contributed by atoms with Crippen LogP contribution in [0.4, 0.5) is 0 Å². The van der Waals surface area contributed by atoms with Gasteiger partial charge in [-0.05, 0) is 50.7 Å². The molecule has 1 rings (SSSR count). The number of hydrogen-bond donors (Lipinski definition) is 1. The Morgan fingerprint density at radius 1 is 1.25 bits per heavy atom. The van der Waals surface area contributed by atoms with E-state index in [1.807, 2.05) is 0 Å². The topological polar surface area (TPSA) is 15.3 Å². The highest BCUT2D eigenvalue weighted by Gasteiger charge is 2.17. The summed E-state index contributed by atoms with van der Waals surface area (Å²) in [5.41, 5.74) is 0. The van der Waals surface area contributed by atoms with Crippen molar-refractivity contribution in [3.05, 3.63) is 0 Å². The summed E-state index contributed by atoms with van der Waals surface area (Å²) in [7, 11) is 0. The van der Waals surface area contributed by atoms with Crippen LogP contribution in [0.2, 0.25) is 0 Å². The van der Waals surface area contributed by atoms with Gasteiger partial charge in [0, 0.05) is 13.1 Å². The molecule has 1 aliphatic rings. The molecule has 0 aromatic carbocycles. The van der Waals surface area contributed by atoms with Crippen molar-refractivity contribution in [2.45, 2.75) is 46.5 Å². The van der Waals surface area contributed by atoms with Crippen molar-refractivity contribution in [2.24, 2.45) is 11.8 Å². The molecule has 0 amide bonds. The van der Waals surface area contributed by atoms with Gasteiger partial charge in [0.25, 0.3) is 0 Å². The lowest BCUT2D eigenvalue weighted by Crippen LogP contribution is -2.37. The SMILES string of the molecule is CCCC(C)CN(CC)CC1CCNCC1. The van der Waals surface area contributed by atoms with Gasteiger partial charge >= 0.3 is 0 Å². The van der Waals surface area contributed by atoms with Crippen molar-refractivity contribution < 1.29 is 0 Å². The number of nitrogens with one attached hydrogen (secondary N) is 1. The third kappa shape index (κ3) is 5.31. The van der Waals surface area contributed by atoms with E-state index in [4.69, 9.17) is 0 Å². The van der Waals surface area contributed by atoms with Gasteiger partial charge in [-0.1, -0.05) is 27.2 Å². The fourth-order valence-electron chi connectivity index (χ4n) is 2.79. The Balaban J connectivity index is 2.24. The lowest BCUT2D eigenvalue weighted by atomic mass is 9.96. The average molecular weight is 226 g/mol. The predicted octanol–water partition coefficient (Wildman–Crippen LogP) is 2.74. The van der Waals surface area contributed by atoms with E-state index in [1.165, 1.54) is 58.4 Å². The lowest BCUT2D eigenvalue weighted by Gasteiger charge is -2.31. The average Bonchev–Trinajstić information content (AvgIpc) is 2.30. The Labute approximate surface area is 102 Å². The Hall–Kier alpha value is -0.0800. The molecule has 1 N–H and O–H groups in total. The van der Waals surface area contributed by atoms with E-state index in [9.17, 15) is 0 Å². The van der Waals surface area contributed by atoms with Crippen LogP contribution in [0.15, 0.2) is 0 Å². The van der Waals surface area contributed by atoms with Crippen LogP contribution in [-0.4, -0.2) is 37.6 Å². The van der Waals surface area contributed by atoms with Gasteiger partial charge in [-0.15, -0.1) is 0 Å². The minimum Gasteiger partial charge on any atom is -0.317 e. The van der Waals surface area contributed by atoms with Crippen molar-refractivity contribution in [1.29, 1.82) is 0 Å². The summed E-state index contributed by atoms with van der Waals surface area (Å²) in [6.45, 7) is 13.3. The summed E-state index contributed by atoms with van der Waals surface area (Å²) in [4.78, 5) is 2.66. The first kappa shape index (κ1) is 14.0. The molecular formula is C14H30N2. The first-order valence-electron chi connectivity index (χ1n) is 7.19. The number of hydrogen-bond acceptors (Lipinski definition) is 2. The number of rotatable bonds is 7. The fraction of sp³-hybridized carbons (Fsp3) is 1.00. The molecule has 0 bridgehead atoms. The van der Waals surface area contributed by atoms with Crippen LogP contribution < -0.4 is 5.32 Å². The highest BCUT2D eigenvalue weighted by molar-refractivity contribution is 4.73. The van der Waals surface area contributed by atoms with Gasteiger partial charge in [-0.3, -0.25) is 0 Å². The van der Waals surface area contributed by atoms with Crippen molar-refractivity contribution >= 4 is 0 Å². The van der Waals surface area contributed by atoms with E-state index in [2.05, 4.69) is 31.0 Å². The third-order valence-electron chi connectivity index (χ3n) is 3.77. The second-order valence-electron chi connectivity index (χ2n) is 5.44. The van der Waals surface area contributed by atoms with E-state index < -0.39 is 0 Å². The zero-order chi connectivity index (χ0) is 11.8. The Bertz CT molecular complexity index is 164. The molecule has 2 heteroatoms. The Morgan fingerprint density at radius 2 is 1.94 bits per heavy atom. The number of nitrogens with zero attached hydrogens (tertiary/aromatic N) is 1. The molecule has 0 saturated carbocycles. The second-order valence-corrected chi connectivity index (χ2v) is 5.44. The maximum atomic E-state index is 3.45. The van der Waals surface area contributed by atoms with Gasteiger partial charge in [0.1, 0.15) is 0 Å². The van der Waals surface area contributed by atoms with E-state index >= 15 is 0 Å². The maximum Gasteiger partial charge on any atom is 0.00106 e. The standard InChI is InChI=1S/C14H30N2/c1-4-6-13(3)11-16(5-2)12-14-7-9-15-10-8-14/h13-15H,4-12H2,1-3H3. The van der Waals surface area contributed by atoms with Gasteiger partial charge in [-0.2, -0.15) is 0 Å². The van der Waals surface area contributed by atoms with Crippen LogP contribution >= 0.6 is 0 Å². The monoisotopic (exact) mass is 226 g/mol. The van der Waals surface area contributed by atoms with Crippen LogP contribution in [0.1, 0.15) is 46.5 Å². The largest absolute Gasteiger partial charge is 0.317 e. The van der Waals surface area contributed by atoms with E-state index in [1.54, 1.807) is 0 Å². The molecule has 0 aromatic heterocycles. The fourth-order valence-corrected chi connectivity index (χ4v) is 2.79. The molecule has 1 heterocycles. The smallest absolute Gasteiger partial charge is 0.00106 e. The molecule has 0 aliphatic carbocycles. The van der Waals surface area contributed by atoms with Crippen molar-refractivity contribution in [2.75, 3.05) is 32.7 Å². The maximum absolute atomic E-state index is 3.45. The minimum atomic E-state index is 0.867. The van der Waals surface area contributed by atoms with Crippen LogP contribution in [0, 0.1) is 11.8 Å². The molecule has 96 valence electrons. The van der Waals surface area contributed by atoms with Gasteiger partial charge in [0.15, 0.2) is 0 Å². The van der Waals surface area contributed by atoms with Gasteiger partial charge in [0.2, 0.25) is 0 Å². The molecule has 1 fully saturated rings. The zero-order valence-electron chi connectivity index (χ0n) is 11.5. The molecule has 0 radical (unpaired) electrons. The Morgan fingerprint density at radius 3 is 2.50 bits per heavy atom. The molecule has 1 atom stereocenters. The zero-order valence-corrected chi connectivity index (χ0v) is 11.5. The molecule has 1 saturated heterocycles. The first-order chi connectivity index (χ1) is 7.76. The van der Waals surface area contributed by atoms with Gasteiger partial charge in [0.05, 0.1) is 0 Å². The van der Waals surface area contributed by atoms with Gasteiger partial charge in [-0.25, -0.2) is 0 Å².